The van der Waals surface area contributed by atoms with Crippen LogP contribution in [-0.2, 0) is 13.2 Å². The Hall–Kier alpha value is -2.18. The van der Waals surface area contributed by atoms with Gasteiger partial charge in [-0.15, -0.1) is 0 Å². The second-order valence-electron chi connectivity index (χ2n) is 4.49. The van der Waals surface area contributed by atoms with E-state index in [4.69, 9.17) is 9.26 Å². The summed E-state index contributed by atoms with van der Waals surface area (Å²) in [6.45, 7) is 1.07. The van der Waals surface area contributed by atoms with E-state index in [0.717, 1.165) is 17.9 Å². The molecule has 3 aromatic rings. The van der Waals surface area contributed by atoms with E-state index in [9.17, 15) is 0 Å². The van der Waals surface area contributed by atoms with Crippen molar-refractivity contribution in [1.82, 2.24) is 15.5 Å². The van der Waals surface area contributed by atoms with Crippen LogP contribution in [0.4, 0.5) is 0 Å². The molecule has 0 saturated heterocycles. The van der Waals surface area contributed by atoms with Crippen molar-refractivity contribution in [3.8, 4) is 17.1 Å². The molecule has 0 bridgehead atoms. The first-order chi connectivity index (χ1) is 10.3. The first-order valence-corrected chi connectivity index (χ1v) is 7.51. The highest BCUT2D eigenvalue weighted by Crippen LogP contribution is 2.19. The van der Waals surface area contributed by atoms with Gasteiger partial charge in [0.15, 0.2) is 6.61 Å². The highest BCUT2D eigenvalue weighted by molar-refractivity contribution is 7.08. The number of rotatable bonds is 6. The van der Waals surface area contributed by atoms with E-state index in [1.54, 1.807) is 11.3 Å². The van der Waals surface area contributed by atoms with Crippen LogP contribution in [0.1, 0.15) is 11.5 Å². The maximum Gasteiger partial charge on any atom is 0.264 e. The minimum Gasteiger partial charge on any atom is -0.484 e. The van der Waals surface area contributed by atoms with E-state index in [1.165, 1.54) is 5.56 Å². The van der Waals surface area contributed by atoms with Gasteiger partial charge in [0.2, 0.25) is 5.82 Å². The average Bonchev–Trinajstić information content (AvgIpc) is 3.17. The molecule has 108 valence electrons. The highest BCUT2D eigenvalue weighted by atomic mass is 32.1. The van der Waals surface area contributed by atoms with Crippen LogP contribution < -0.4 is 10.1 Å². The number of ether oxygens (including phenoxy) is 1. The number of hydrogen-bond acceptors (Lipinski definition) is 6. The molecule has 0 atom stereocenters. The van der Waals surface area contributed by atoms with Gasteiger partial charge in [0.1, 0.15) is 5.75 Å². The van der Waals surface area contributed by atoms with Crippen LogP contribution in [0.2, 0.25) is 0 Å². The van der Waals surface area contributed by atoms with Gasteiger partial charge in [-0.1, -0.05) is 17.3 Å². The molecule has 2 aromatic heterocycles. The lowest BCUT2D eigenvalue weighted by atomic mass is 10.2. The Bertz CT molecular complexity index is 695. The van der Waals surface area contributed by atoms with Gasteiger partial charge >= 0.3 is 0 Å². The zero-order valence-electron chi connectivity index (χ0n) is 11.6. The van der Waals surface area contributed by atoms with Crippen molar-refractivity contribution >= 4 is 11.3 Å². The molecular weight excluding hydrogens is 286 g/mol. The van der Waals surface area contributed by atoms with Crippen LogP contribution in [0.5, 0.6) is 5.75 Å². The normalized spacial score (nSPS) is 10.7. The number of benzene rings is 1. The van der Waals surface area contributed by atoms with Crippen molar-refractivity contribution in [2.75, 3.05) is 7.05 Å². The number of nitrogens with one attached hydrogen (secondary N) is 1. The summed E-state index contributed by atoms with van der Waals surface area (Å²) in [6, 6.07) is 9.88. The number of nitrogens with zero attached hydrogens (tertiary/aromatic N) is 2. The maximum absolute atomic E-state index is 5.69. The summed E-state index contributed by atoms with van der Waals surface area (Å²) in [5.41, 5.74) is 2.13. The van der Waals surface area contributed by atoms with Crippen molar-refractivity contribution in [3.05, 3.63) is 52.5 Å². The molecule has 2 heterocycles. The number of hydrogen-bond donors (Lipinski definition) is 1. The van der Waals surface area contributed by atoms with Gasteiger partial charge in [0.25, 0.3) is 5.89 Å². The van der Waals surface area contributed by atoms with E-state index >= 15 is 0 Å². The molecule has 1 aromatic carbocycles. The van der Waals surface area contributed by atoms with Crippen LogP contribution in [0, 0.1) is 0 Å². The highest BCUT2D eigenvalue weighted by Gasteiger charge is 2.09. The maximum atomic E-state index is 5.69. The van der Waals surface area contributed by atoms with Crippen LogP contribution in [0.3, 0.4) is 0 Å². The van der Waals surface area contributed by atoms with E-state index < -0.39 is 0 Å². The second-order valence-corrected chi connectivity index (χ2v) is 5.27. The topological polar surface area (TPSA) is 60.2 Å². The van der Waals surface area contributed by atoms with Crippen LogP contribution in [0.15, 0.2) is 45.6 Å². The van der Waals surface area contributed by atoms with Gasteiger partial charge in [-0.25, -0.2) is 0 Å². The fraction of sp³-hybridized carbons (Fsp3) is 0.200. The first kappa shape index (κ1) is 13.8. The van der Waals surface area contributed by atoms with E-state index in [0.29, 0.717) is 11.7 Å². The predicted octanol–water partition coefficient (Wildman–Crippen LogP) is 3.10. The van der Waals surface area contributed by atoms with E-state index in [-0.39, 0.29) is 6.61 Å². The lowest BCUT2D eigenvalue weighted by Gasteiger charge is -2.05. The number of thiophene rings is 1. The van der Waals surface area contributed by atoms with Crippen LogP contribution in [0.25, 0.3) is 11.4 Å². The third kappa shape index (κ3) is 3.48. The van der Waals surface area contributed by atoms with E-state index in [1.807, 2.05) is 48.1 Å². The molecule has 0 aliphatic rings. The lowest BCUT2D eigenvalue weighted by molar-refractivity contribution is 0.243. The summed E-state index contributed by atoms with van der Waals surface area (Å²) in [5, 5.41) is 11.0. The SMILES string of the molecule is CNCc1cccc(OCc2nc(-c3ccsc3)no2)c1. The second kappa shape index (κ2) is 6.51. The summed E-state index contributed by atoms with van der Waals surface area (Å²) in [5.74, 6) is 1.85. The molecule has 0 spiro atoms. The fourth-order valence-electron chi connectivity index (χ4n) is 1.92. The molecule has 3 rings (SSSR count). The van der Waals surface area contributed by atoms with Gasteiger partial charge in [-0.2, -0.15) is 16.3 Å². The molecule has 5 nitrogen and oxygen atoms in total. The summed E-state index contributed by atoms with van der Waals surface area (Å²) in [4.78, 5) is 4.32. The van der Waals surface area contributed by atoms with E-state index in [2.05, 4.69) is 15.5 Å². The van der Waals surface area contributed by atoms with Crippen molar-refractivity contribution in [2.24, 2.45) is 0 Å². The van der Waals surface area contributed by atoms with Gasteiger partial charge in [0.05, 0.1) is 0 Å². The Morgan fingerprint density at radius 2 is 2.29 bits per heavy atom. The molecular formula is C15H15N3O2S. The molecule has 0 aliphatic carbocycles. The quantitative estimate of drug-likeness (QED) is 0.758. The standard InChI is InChI=1S/C15H15N3O2S/c1-16-8-11-3-2-4-13(7-11)19-9-14-17-15(18-20-14)12-5-6-21-10-12/h2-7,10,16H,8-9H2,1H3. The Kier molecular flexibility index (Phi) is 4.28. The third-order valence-electron chi connectivity index (χ3n) is 2.89. The van der Waals surface area contributed by atoms with Crippen LogP contribution >= 0.6 is 11.3 Å². The average molecular weight is 301 g/mol. The van der Waals surface area contributed by atoms with Crippen molar-refractivity contribution in [1.29, 1.82) is 0 Å². The Balaban J connectivity index is 1.64. The zero-order chi connectivity index (χ0) is 14.5. The van der Waals surface area contributed by atoms with Crippen molar-refractivity contribution in [3.63, 3.8) is 0 Å². The molecule has 0 radical (unpaired) electrons. The molecule has 21 heavy (non-hydrogen) atoms. The summed E-state index contributed by atoms with van der Waals surface area (Å²) >= 11 is 1.60. The van der Waals surface area contributed by atoms with Crippen LogP contribution in [-0.4, -0.2) is 17.2 Å². The summed E-state index contributed by atoms with van der Waals surface area (Å²) in [6.07, 6.45) is 0. The number of aromatic nitrogens is 2. The minimum atomic E-state index is 0.264. The molecule has 6 heteroatoms. The Morgan fingerprint density at radius 1 is 1.33 bits per heavy atom. The van der Waals surface area contributed by atoms with Gasteiger partial charge in [0, 0.05) is 17.5 Å². The monoisotopic (exact) mass is 301 g/mol. The summed E-state index contributed by atoms with van der Waals surface area (Å²) in [7, 11) is 1.91. The molecule has 0 fully saturated rings. The predicted molar refractivity (Wildman–Crippen MR) is 81.1 cm³/mol. The zero-order valence-corrected chi connectivity index (χ0v) is 12.4. The Morgan fingerprint density at radius 3 is 3.10 bits per heavy atom. The van der Waals surface area contributed by atoms with Gasteiger partial charge in [-0.05, 0) is 36.2 Å². The minimum absolute atomic E-state index is 0.264. The van der Waals surface area contributed by atoms with Gasteiger partial charge < -0.3 is 14.6 Å². The van der Waals surface area contributed by atoms with Crippen molar-refractivity contribution < 1.29 is 9.26 Å². The molecule has 0 amide bonds. The molecule has 0 saturated carbocycles. The molecule has 0 unspecified atom stereocenters. The first-order valence-electron chi connectivity index (χ1n) is 6.56. The third-order valence-corrected chi connectivity index (χ3v) is 3.57. The lowest BCUT2D eigenvalue weighted by Crippen LogP contribution is -2.05. The Labute approximate surface area is 126 Å². The largest absolute Gasteiger partial charge is 0.484 e. The van der Waals surface area contributed by atoms with Gasteiger partial charge in [-0.3, -0.25) is 0 Å². The molecule has 1 N–H and O–H groups in total. The van der Waals surface area contributed by atoms with Crippen molar-refractivity contribution in [2.45, 2.75) is 13.2 Å². The fourth-order valence-corrected chi connectivity index (χ4v) is 2.55. The molecule has 0 aliphatic heterocycles. The summed E-state index contributed by atoms with van der Waals surface area (Å²) < 4.78 is 10.9. The smallest absolute Gasteiger partial charge is 0.264 e.